The van der Waals surface area contributed by atoms with Gasteiger partial charge >= 0.3 is 12.1 Å². The second-order valence-electron chi connectivity index (χ2n) is 7.57. The van der Waals surface area contributed by atoms with Crippen LogP contribution in [0.5, 0.6) is 0 Å². The highest BCUT2D eigenvalue weighted by Gasteiger charge is 2.39. The molecule has 1 amide bonds. The molecule has 0 aliphatic carbocycles. The standard InChI is InChI=1S/C20H30N2O5/c1-5-25-18(23)17-12-11-16(13-22(17)19(24)27-20(2,3)4)21-26-14-15-9-7-6-8-10-15/h6-10,16-17,21H,5,11-14H2,1-4H3. The third-order valence-electron chi connectivity index (χ3n) is 4.10. The van der Waals surface area contributed by atoms with Gasteiger partial charge in [0.2, 0.25) is 0 Å². The predicted octanol–water partition coefficient (Wildman–Crippen LogP) is 3.04. The number of amides is 1. The number of carbonyl (C=O) groups excluding carboxylic acids is 2. The minimum Gasteiger partial charge on any atom is -0.464 e. The molecule has 1 aromatic rings. The van der Waals surface area contributed by atoms with Gasteiger partial charge in [0.15, 0.2) is 0 Å². The van der Waals surface area contributed by atoms with E-state index in [-0.39, 0.29) is 12.6 Å². The largest absolute Gasteiger partial charge is 0.464 e. The van der Waals surface area contributed by atoms with Crippen molar-refractivity contribution in [3.8, 4) is 0 Å². The van der Waals surface area contributed by atoms with Crippen molar-refractivity contribution in [2.75, 3.05) is 13.2 Å². The van der Waals surface area contributed by atoms with Gasteiger partial charge in [-0.05, 0) is 46.1 Å². The van der Waals surface area contributed by atoms with Crippen LogP contribution in [0.2, 0.25) is 0 Å². The molecule has 1 aromatic carbocycles. The van der Waals surface area contributed by atoms with Crippen molar-refractivity contribution >= 4 is 12.1 Å². The van der Waals surface area contributed by atoms with Gasteiger partial charge in [-0.2, -0.15) is 5.48 Å². The zero-order chi connectivity index (χ0) is 19.9. The lowest BCUT2D eigenvalue weighted by Crippen LogP contribution is -2.56. The molecule has 2 unspecified atom stereocenters. The van der Waals surface area contributed by atoms with Crippen LogP contribution in [0, 0.1) is 0 Å². The molecular weight excluding hydrogens is 348 g/mol. The number of hydrogen-bond acceptors (Lipinski definition) is 6. The summed E-state index contributed by atoms with van der Waals surface area (Å²) in [5, 5.41) is 0. The Balaban J connectivity index is 1.96. The van der Waals surface area contributed by atoms with Gasteiger partial charge in [0, 0.05) is 6.54 Å². The van der Waals surface area contributed by atoms with Crippen LogP contribution in [0.1, 0.15) is 46.1 Å². The molecule has 150 valence electrons. The first-order valence-corrected chi connectivity index (χ1v) is 9.37. The lowest BCUT2D eigenvalue weighted by Gasteiger charge is -2.38. The Hall–Kier alpha value is -2.12. The quantitative estimate of drug-likeness (QED) is 0.606. The van der Waals surface area contributed by atoms with Crippen molar-refractivity contribution in [1.82, 2.24) is 10.4 Å². The highest BCUT2D eigenvalue weighted by atomic mass is 16.6. The Morgan fingerprint density at radius 1 is 1.19 bits per heavy atom. The monoisotopic (exact) mass is 378 g/mol. The second-order valence-corrected chi connectivity index (χ2v) is 7.57. The summed E-state index contributed by atoms with van der Waals surface area (Å²) in [5.41, 5.74) is 3.42. The first kappa shape index (κ1) is 21.2. The molecule has 0 bridgehead atoms. The van der Waals surface area contributed by atoms with Crippen molar-refractivity contribution in [2.24, 2.45) is 0 Å². The summed E-state index contributed by atoms with van der Waals surface area (Å²) < 4.78 is 10.6. The Morgan fingerprint density at radius 2 is 1.89 bits per heavy atom. The maximum atomic E-state index is 12.6. The van der Waals surface area contributed by atoms with E-state index >= 15 is 0 Å². The molecule has 0 saturated carbocycles. The number of ether oxygens (including phenoxy) is 2. The third kappa shape index (κ3) is 6.84. The van der Waals surface area contributed by atoms with Crippen LogP contribution in [0.25, 0.3) is 0 Å². The number of nitrogens with zero attached hydrogens (tertiary/aromatic N) is 1. The Bertz CT molecular complexity index is 615. The van der Waals surface area contributed by atoms with Gasteiger partial charge in [-0.3, -0.25) is 9.74 Å². The SMILES string of the molecule is CCOC(=O)C1CCC(NOCc2ccccc2)CN1C(=O)OC(C)(C)C. The first-order valence-electron chi connectivity index (χ1n) is 9.37. The summed E-state index contributed by atoms with van der Waals surface area (Å²) in [6, 6.07) is 9.09. The summed E-state index contributed by atoms with van der Waals surface area (Å²) in [5.74, 6) is -0.396. The van der Waals surface area contributed by atoms with Gasteiger partial charge in [0.25, 0.3) is 0 Å². The predicted molar refractivity (Wildman–Crippen MR) is 101 cm³/mol. The Labute approximate surface area is 160 Å². The minimum absolute atomic E-state index is 0.0908. The first-order chi connectivity index (χ1) is 12.8. The van der Waals surface area contributed by atoms with E-state index in [1.807, 2.05) is 30.3 Å². The molecule has 1 heterocycles. The van der Waals surface area contributed by atoms with Crippen LogP contribution >= 0.6 is 0 Å². The maximum absolute atomic E-state index is 12.6. The average Bonchev–Trinajstić information content (AvgIpc) is 2.61. The highest BCUT2D eigenvalue weighted by molar-refractivity contribution is 5.81. The Kier molecular flexibility index (Phi) is 7.62. The van der Waals surface area contributed by atoms with Gasteiger partial charge in [0.05, 0.1) is 19.3 Å². The number of nitrogens with one attached hydrogen (secondary N) is 1. The van der Waals surface area contributed by atoms with E-state index in [1.165, 1.54) is 4.90 Å². The third-order valence-corrected chi connectivity index (χ3v) is 4.10. The Morgan fingerprint density at radius 3 is 2.52 bits per heavy atom. The van der Waals surface area contributed by atoms with Gasteiger partial charge in [0.1, 0.15) is 11.6 Å². The number of hydroxylamine groups is 1. The zero-order valence-electron chi connectivity index (χ0n) is 16.6. The van der Waals surface area contributed by atoms with E-state index in [0.29, 0.717) is 26.0 Å². The van der Waals surface area contributed by atoms with E-state index in [0.717, 1.165) is 5.56 Å². The number of benzene rings is 1. The molecule has 0 spiro atoms. The molecule has 7 nitrogen and oxygen atoms in total. The van der Waals surface area contributed by atoms with E-state index < -0.39 is 23.7 Å². The van der Waals surface area contributed by atoms with Crippen molar-refractivity contribution in [3.63, 3.8) is 0 Å². The van der Waals surface area contributed by atoms with Crippen LogP contribution in [-0.4, -0.2) is 47.8 Å². The summed E-state index contributed by atoms with van der Waals surface area (Å²) in [6.07, 6.45) is 0.664. The summed E-state index contributed by atoms with van der Waals surface area (Å²) in [4.78, 5) is 31.9. The molecular formula is C20H30N2O5. The number of likely N-dealkylation sites (tertiary alicyclic amines) is 1. The van der Waals surface area contributed by atoms with Gasteiger partial charge in [-0.1, -0.05) is 30.3 Å². The lowest BCUT2D eigenvalue weighted by molar-refractivity contribution is -0.151. The minimum atomic E-state index is -0.638. The number of carbonyl (C=O) groups is 2. The summed E-state index contributed by atoms with van der Waals surface area (Å²) in [6.45, 7) is 8.16. The van der Waals surface area contributed by atoms with Crippen molar-refractivity contribution in [3.05, 3.63) is 35.9 Å². The van der Waals surface area contributed by atoms with Crippen molar-refractivity contribution in [1.29, 1.82) is 0 Å². The second kappa shape index (κ2) is 9.71. The van der Waals surface area contributed by atoms with Crippen LogP contribution in [-0.2, 0) is 25.7 Å². The molecule has 27 heavy (non-hydrogen) atoms. The van der Waals surface area contributed by atoms with E-state index in [4.69, 9.17) is 14.3 Å². The van der Waals surface area contributed by atoms with E-state index in [1.54, 1.807) is 27.7 Å². The van der Waals surface area contributed by atoms with Gasteiger partial charge < -0.3 is 9.47 Å². The smallest absolute Gasteiger partial charge is 0.411 e. The molecule has 1 saturated heterocycles. The fraction of sp³-hybridized carbons (Fsp3) is 0.600. The average molecular weight is 378 g/mol. The summed E-state index contributed by atoms with van der Waals surface area (Å²) in [7, 11) is 0. The van der Waals surface area contributed by atoms with Crippen LogP contribution in [0.4, 0.5) is 4.79 Å². The maximum Gasteiger partial charge on any atom is 0.411 e. The van der Waals surface area contributed by atoms with E-state index in [9.17, 15) is 9.59 Å². The number of rotatable bonds is 6. The number of piperidine rings is 1. The van der Waals surface area contributed by atoms with E-state index in [2.05, 4.69) is 5.48 Å². The molecule has 0 radical (unpaired) electrons. The molecule has 2 rings (SSSR count). The zero-order valence-corrected chi connectivity index (χ0v) is 16.6. The number of hydrogen-bond donors (Lipinski definition) is 1. The van der Waals surface area contributed by atoms with Crippen molar-refractivity contribution < 1.29 is 23.9 Å². The fourth-order valence-corrected chi connectivity index (χ4v) is 2.89. The molecule has 1 fully saturated rings. The topological polar surface area (TPSA) is 77.1 Å². The molecule has 2 atom stereocenters. The van der Waals surface area contributed by atoms with Crippen LogP contribution in [0.3, 0.4) is 0 Å². The molecule has 1 aliphatic rings. The lowest BCUT2D eigenvalue weighted by atomic mass is 9.99. The molecule has 1 aliphatic heterocycles. The van der Waals surface area contributed by atoms with Gasteiger partial charge in [-0.15, -0.1) is 0 Å². The number of esters is 1. The molecule has 1 N–H and O–H groups in total. The molecule has 0 aromatic heterocycles. The molecule has 7 heteroatoms. The normalized spacial score (nSPS) is 20.2. The van der Waals surface area contributed by atoms with Crippen LogP contribution in [0.15, 0.2) is 30.3 Å². The summed E-state index contributed by atoms with van der Waals surface area (Å²) >= 11 is 0. The highest BCUT2D eigenvalue weighted by Crippen LogP contribution is 2.22. The van der Waals surface area contributed by atoms with Crippen molar-refractivity contribution in [2.45, 2.75) is 64.8 Å². The van der Waals surface area contributed by atoms with Crippen LogP contribution < -0.4 is 5.48 Å². The van der Waals surface area contributed by atoms with Gasteiger partial charge in [-0.25, -0.2) is 9.59 Å². The fourth-order valence-electron chi connectivity index (χ4n) is 2.89.